The fourth-order valence-corrected chi connectivity index (χ4v) is 3.40. The molecule has 1 aliphatic rings. The predicted octanol–water partition coefficient (Wildman–Crippen LogP) is 3.97. The lowest BCUT2D eigenvalue weighted by Crippen LogP contribution is -2.44. The van der Waals surface area contributed by atoms with Crippen LogP contribution in [0.4, 0.5) is 4.79 Å². The number of piperidine rings is 1. The summed E-state index contributed by atoms with van der Waals surface area (Å²) in [6.45, 7) is 6.73. The van der Waals surface area contributed by atoms with Crippen LogP contribution in [-0.2, 0) is 11.8 Å². The van der Waals surface area contributed by atoms with Gasteiger partial charge in [0.05, 0.1) is 10.4 Å². The fraction of sp³-hybridized carbons (Fsp3) is 0.500. The van der Waals surface area contributed by atoms with E-state index in [-0.39, 0.29) is 17.8 Å². The number of likely N-dealkylation sites (tertiary alicyclic amines) is 1. The first-order chi connectivity index (χ1) is 12.7. The van der Waals surface area contributed by atoms with Gasteiger partial charge in [0.1, 0.15) is 17.5 Å². The predicted molar refractivity (Wildman–Crippen MR) is 106 cm³/mol. The molecule has 0 bridgehead atoms. The largest absolute Gasteiger partial charge is 0.490 e. The first-order valence-corrected chi connectivity index (χ1v) is 9.46. The smallest absolute Gasteiger partial charge is 0.410 e. The van der Waals surface area contributed by atoms with Crippen molar-refractivity contribution in [2.24, 2.45) is 7.05 Å². The molecule has 0 radical (unpaired) electrons. The van der Waals surface area contributed by atoms with E-state index in [1.54, 1.807) is 30.3 Å². The quantitative estimate of drug-likeness (QED) is 0.775. The second-order valence-electron chi connectivity index (χ2n) is 7.85. The van der Waals surface area contributed by atoms with Crippen molar-refractivity contribution >= 4 is 28.5 Å². The van der Waals surface area contributed by atoms with Crippen molar-refractivity contribution in [2.75, 3.05) is 13.1 Å². The van der Waals surface area contributed by atoms with Crippen molar-refractivity contribution in [1.82, 2.24) is 9.47 Å². The highest BCUT2D eigenvalue weighted by atomic mass is 35.5. The lowest BCUT2D eigenvalue weighted by atomic mass is 10.1. The Morgan fingerprint density at radius 2 is 1.85 bits per heavy atom. The maximum absolute atomic E-state index is 12.4. The molecule has 7 heteroatoms. The average molecular weight is 393 g/mol. The Hall–Kier alpha value is -2.21. The molecule has 2 heterocycles. The van der Waals surface area contributed by atoms with Gasteiger partial charge in [0.2, 0.25) is 0 Å². The second kappa shape index (κ2) is 7.43. The van der Waals surface area contributed by atoms with Crippen LogP contribution in [0.3, 0.4) is 0 Å². The number of nitrogens with zero attached hydrogens (tertiary/aromatic N) is 2. The summed E-state index contributed by atoms with van der Waals surface area (Å²) in [6.07, 6.45) is 2.79. The Bertz CT molecular complexity index is 909. The van der Waals surface area contributed by atoms with E-state index in [1.165, 1.54) is 4.57 Å². The topological polar surface area (TPSA) is 60.8 Å². The number of benzene rings is 1. The molecule has 1 aliphatic heterocycles. The highest BCUT2D eigenvalue weighted by Gasteiger charge is 2.28. The van der Waals surface area contributed by atoms with Crippen molar-refractivity contribution in [3.8, 4) is 5.75 Å². The number of ether oxygens (including phenoxy) is 2. The van der Waals surface area contributed by atoms with E-state index in [1.807, 2.05) is 26.8 Å². The molecule has 0 spiro atoms. The van der Waals surface area contributed by atoms with Crippen molar-refractivity contribution in [1.29, 1.82) is 0 Å². The summed E-state index contributed by atoms with van der Waals surface area (Å²) in [5.41, 5.74) is -0.651. The molecule has 2 aromatic rings. The van der Waals surface area contributed by atoms with E-state index < -0.39 is 5.60 Å². The number of rotatable bonds is 2. The van der Waals surface area contributed by atoms with Crippen LogP contribution in [0.1, 0.15) is 33.6 Å². The minimum atomic E-state index is -0.501. The Morgan fingerprint density at radius 1 is 1.19 bits per heavy atom. The van der Waals surface area contributed by atoms with Gasteiger partial charge < -0.3 is 18.9 Å². The molecular formula is C20H25ClN2O4. The number of carbonyl (C=O) groups is 1. The minimum Gasteiger partial charge on any atom is -0.490 e. The number of carbonyl (C=O) groups excluding carboxylic acids is 1. The van der Waals surface area contributed by atoms with Gasteiger partial charge in [-0.15, -0.1) is 0 Å². The summed E-state index contributed by atoms with van der Waals surface area (Å²) in [6, 6.07) is 5.33. The Morgan fingerprint density at radius 3 is 2.48 bits per heavy atom. The number of fused-ring (bicyclic) bond motifs is 1. The Labute approximate surface area is 163 Å². The van der Waals surface area contributed by atoms with Gasteiger partial charge in [0.25, 0.3) is 5.56 Å². The average Bonchev–Trinajstić information content (AvgIpc) is 2.59. The molecule has 27 heavy (non-hydrogen) atoms. The van der Waals surface area contributed by atoms with Crippen LogP contribution in [0.5, 0.6) is 5.75 Å². The summed E-state index contributed by atoms with van der Waals surface area (Å²) in [5, 5.41) is 1.59. The lowest BCUT2D eigenvalue weighted by Gasteiger charge is -2.33. The minimum absolute atomic E-state index is 0.0304. The van der Waals surface area contributed by atoms with E-state index >= 15 is 0 Å². The van der Waals surface area contributed by atoms with E-state index in [2.05, 4.69) is 0 Å². The fourth-order valence-electron chi connectivity index (χ4n) is 3.15. The molecule has 0 unspecified atom stereocenters. The summed E-state index contributed by atoms with van der Waals surface area (Å²) in [5.74, 6) is 0.641. The lowest BCUT2D eigenvalue weighted by molar-refractivity contribution is 0.0128. The molecule has 1 aromatic heterocycles. The molecule has 1 aromatic carbocycles. The maximum Gasteiger partial charge on any atom is 0.410 e. The zero-order valence-electron chi connectivity index (χ0n) is 16.1. The van der Waals surface area contributed by atoms with Crippen molar-refractivity contribution < 1.29 is 14.3 Å². The molecule has 3 rings (SSSR count). The van der Waals surface area contributed by atoms with Gasteiger partial charge >= 0.3 is 6.09 Å². The second-order valence-corrected chi connectivity index (χ2v) is 8.26. The molecule has 1 fully saturated rings. The van der Waals surface area contributed by atoms with Crippen LogP contribution in [0.25, 0.3) is 10.8 Å². The number of aromatic nitrogens is 1. The molecule has 0 atom stereocenters. The zero-order chi connectivity index (χ0) is 19.8. The molecule has 6 nitrogen and oxygen atoms in total. The molecule has 0 saturated carbocycles. The molecule has 146 valence electrons. The summed E-state index contributed by atoms with van der Waals surface area (Å²) in [4.78, 5) is 26.3. The van der Waals surface area contributed by atoms with Gasteiger partial charge in [-0.25, -0.2) is 4.79 Å². The Balaban J connectivity index is 1.71. The van der Waals surface area contributed by atoms with Gasteiger partial charge in [0, 0.05) is 44.6 Å². The van der Waals surface area contributed by atoms with Crippen LogP contribution in [0.15, 0.2) is 29.2 Å². The van der Waals surface area contributed by atoms with Gasteiger partial charge in [-0.2, -0.15) is 0 Å². The first-order valence-electron chi connectivity index (χ1n) is 9.08. The van der Waals surface area contributed by atoms with Gasteiger partial charge in [-0.05, 0) is 39.0 Å². The third-order valence-corrected chi connectivity index (χ3v) is 4.86. The third-order valence-electron chi connectivity index (χ3n) is 4.54. The van der Waals surface area contributed by atoms with Crippen LogP contribution in [0.2, 0.25) is 5.02 Å². The van der Waals surface area contributed by atoms with Gasteiger partial charge in [-0.3, -0.25) is 4.79 Å². The monoisotopic (exact) mass is 392 g/mol. The van der Waals surface area contributed by atoms with E-state index in [9.17, 15) is 9.59 Å². The number of pyridine rings is 1. The number of hydrogen-bond donors (Lipinski definition) is 0. The SMILES string of the molecule is Cn1ccc2c(OC3CCN(C(=O)OC(C)(C)C)CC3)ccc(Cl)c2c1=O. The maximum atomic E-state index is 12.4. The number of hydrogen-bond acceptors (Lipinski definition) is 4. The van der Waals surface area contributed by atoms with Crippen LogP contribution >= 0.6 is 11.6 Å². The van der Waals surface area contributed by atoms with Crippen molar-refractivity contribution in [3.63, 3.8) is 0 Å². The first kappa shape index (κ1) is 19.5. The van der Waals surface area contributed by atoms with Crippen LogP contribution in [0, 0.1) is 0 Å². The third kappa shape index (κ3) is 4.38. The number of aryl methyl sites for hydroxylation is 1. The molecule has 0 aliphatic carbocycles. The van der Waals surface area contributed by atoms with E-state index in [0.29, 0.717) is 47.5 Å². The number of amides is 1. The van der Waals surface area contributed by atoms with E-state index in [0.717, 1.165) is 0 Å². The van der Waals surface area contributed by atoms with Crippen LogP contribution < -0.4 is 10.3 Å². The highest BCUT2D eigenvalue weighted by Crippen LogP contribution is 2.31. The molecule has 0 N–H and O–H groups in total. The summed E-state index contributed by atoms with van der Waals surface area (Å²) in [7, 11) is 1.69. The number of halogens is 1. The standard InChI is InChI=1S/C20H25ClN2O4/c1-20(2,3)27-19(25)23-11-7-13(8-12-23)26-16-6-5-15(21)17-14(16)9-10-22(4)18(17)24/h5-6,9-10,13H,7-8,11-12H2,1-4H3. The normalized spacial score (nSPS) is 15.8. The highest BCUT2D eigenvalue weighted by molar-refractivity contribution is 6.35. The van der Waals surface area contributed by atoms with Crippen molar-refractivity contribution in [2.45, 2.75) is 45.3 Å². The summed E-state index contributed by atoms with van der Waals surface area (Å²) < 4.78 is 13.1. The molecular weight excluding hydrogens is 368 g/mol. The zero-order valence-corrected chi connectivity index (χ0v) is 16.9. The summed E-state index contributed by atoms with van der Waals surface area (Å²) >= 11 is 6.23. The molecule has 1 amide bonds. The van der Waals surface area contributed by atoms with Crippen LogP contribution in [-0.4, -0.2) is 40.4 Å². The molecule has 1 saturated heterocycles. The Kier molecular flexibility index (Phi) is 5.38. The van der Waals surface area contributed by atoms with Crippen molar-refractivity contribution in [3.05, 3.63) is 39.8 Å². The van der Waals surface area contributed by atoms with Gasteiger partial charge in [-0.1, -0.05) is 11.6 Å². The van der Waals surface area contributed by atoms with E-state index in [4.69, 9.17) is 21.1 Å². The van der Waals surface area contributed by atoms with Gasteiger partial charge in [0.15, 0.2) is 0 Å².